The number of hydrogen-bond acceptors (Lipinski definition) is 11. The second-order valence-corrected chi connectivity index (χ2v) is 21.3. The monoisotopic (exact) mass is 1130 g/mol. The minimum absolute atomic E-state index is 0.0335. The molecule has 81 heavy (non-hydrogen) atoms. The van der Waals surface area contributed by atoms with E-state index in [4.69, 9.17) is 23.7 Å². The van der Waals surface area contributed by atoms with Crippen molar-refractivity contribution in [3.63, 3.8) is 0 Å². The standard InChI is InChI=1S/C69H112O12/c1-4-7-10-13-16-19-22-25-27-29-31-33-35-38-40-43-46-49-52-55-61(70)77-58-60(79-62(71)56-53-50-47-44-41-37-24-21-18-15-12-9-6-3)59-78-69-67(65(74)64(73)66(81-69)68(75)76)80-63(72)57-54-51-48-45-42-39-36-34-32-30-28-26-23-20-17-14-11-8-5-2/h7,9-10,12,16,18-19,21,25-28,31,33,37,41,47,50,60,64-67,69,73-74H,4-6,8,11,13-15,17,20,22-24,29-30,32,34-36,38-40,42-46,48-49,51-59H2,1-3H3,(H,75,76)/b10-7-,12-9-,19-16-,21-18-,27-25-,28-26-,33-31-,41-37-,50-47-. The Hall–Kier alpha value is -4.62. The van der Waals surface area contributed by atoms with Crippen molar-refractivity contribution < 1.29 is 58.2 Å². The van der Waals surface area contributed by atoms with Crippen molar-refractivity contribution in [1.29, 1.82) is 0 Å². The number of carboxylic acid groups (broad SMARTS) is 1. The lowest BCUT2D eigenvalue weighted by Crippen LogP contribution is -2.61. The number of rotatable bonds is 53. The maximum absolute atomic E-state index is 13.1. The van der Waals surface area contributed by atoms with Gasteiger partial charge in [0.1, 0.15) is 18.8 Å². The van der Waals surface area contributed by atoms with E-state index in [2.05, 4.69) is 118 Å². The van der Waals surface area contributed by atoms with Crippen LogP contribution < -0.4 is 0 Å². The molecule has 1 aliphatic heterocycles. The van der Waals surface area contributed by atoms with E-state index in [1.54, 1.807) is 0 Å². The first-order valence-electron chi connectivity index (χ1n) is 31.9. The van der Waals surface area contributed by atoms with Gasteiger partial charge in [0.15, 0.2) is 24.6 Å². The molecule has 6 unspecified atom stereocenters. The molecule has 0 aromatic rings. The Morgan fingerprint density at radius 2 is 0.802 bits per heavy atom. The van der Waals surface area contributed by atoms with Crippen LogP contribution in [0.1, 0.15) is 252 Å². The first-order valence-corrected chi connectivity index (χ1v) is 31.9. The summed E-state index contributed by atoms with van der Waals surface area (Å²) in [5.74, 6) is -3.26. The molecule has 1 rings (SSSR count). The molecular weight excluding hydrogens is 1020 g/mol. The van der Waals surface area contributed by atoms with Crippen molar-refractivity contribution in [3.8, 4) is 0 Å². The van der Waals surface area contributed by atoms with E-state index in [0.717, 1.165) is 116 Å². The molecule has 0 aromatic carbocycles. The largest absolute Gasteiger partial charge is 0.479 e. The fraction of sp³-hybridized carbons (Fsp3) is 0.681. The SMILES string of the molecule is CC/C=C\C/C=C\C/C=C\C/C=C\CCCCCCCCC(=O)OCC(COC1OC(C(=O)O)C(O)C(O)C1OC(=O)CCCCCCCCCCC/C=C\CCCCCCCC)OC(=O)CC/C=C\C/C=C\C/C=C\C/C=C\CC. The lowest BCUT2D eigenvalue weighted by molar-refractivity contribution is -0.301. The summed E-state index contributed by atoms with van der Waals surface area (Å²) < 4.78 is 28.4. The normalized spacial score (nSPS) is 18.5. The summed E-state index contributed by atoms with van der Waals surface area (Å²) in [5, 5.41) is 31.6. The Bertz CT molecular complexity index is 1820. The quantitative estimate of drug-likeness (QED) is 0.0228. The summed E-state index contributed by atoms with van der Waals surface area (Å²) in [6, 6.07) is 0. The van der Waals surface area contributed by atoms with Crippen LogP contribution in [0.4, 0.5) is 0 Å². The third kappa shape index (κ3) is 45.6. The van der Waals surface area contributed by atoms with Crippen molar-refractivity contribution in [2.24, 2.45) is 0 Å². The third-order valence-corrected chi connectivity index (χ3v) is 13.8. The molecule has 0 amide bonds. The van der Waals surface area contributed by atoms with Gasteiger partial charge in [0, 0.05) is 19.3 Å². The zero-order valence-electron chi connectivity index (χ0n) is 50.7. The molecule has 12 nitrogen and oxygen atoms in total. The Labute approximate surface area is 491 Å². The smallest absolute Gasteiger partial charge is 0.335 e. The van der Waals surface area contributed by atoms with Crippen LogP contribution in [0.25, 0.3) is 0 Å². The molecule has 460 valence electrons. The number of allylic oxidation sites excluding steroid dienone is 18. The van der Waals surface area contributed by atoms with Gasteiger partial charge in [0.25, 0.3) is 0 Å². The summed E-state index contributed by atoms with van der Waals surface area (Å²) in [7, 11) is 0. The van der Waals surface area contributed by atoms with Crippen LogP contribution in [-0.4, -0.2) is 89.2 Å². The number of aliphatic carboxylic acids is 1. The van der Waals surface area contributed by atoms with E-state index in [-0.39, 0.29) is 25.9 Å². The van der Waals surface area contributed by atoms with E-state index >= 15 is 0 Å². The predicted molar refractivity (Wildman–Crippen MR) is 330 cm³/mol. The van der Waals surface area contributed by atoms with Gasteiger partial charge < -0.3 is 39.0 Å². The number of hydrogen-bond donors (Lipinski definition) is 3. The molecule has 12 heteroatoms. The van der Waals surface area contributed by atoms with Gasteiger partial charge in [-0.3, -0.25) is 14.4 Å². The molecule has 0 aromatic heterocycles. The van der Waals surface area contributed by atoms with Gasteiger partial charge in [-0.2, -0.15) is 0 Å². The molecule has 6 atom stereocenters. The molecule has 1 heterocycles. The van der Waals surface area contributed by atoms with Gasteiger partial charge in [-0.25, -0.2) is 4.79 Å². The lowest BCUT2D eigenvalue weighted by atomic mass is 9.98. The molecule has 1 aliphatic rings. The minimum Gasteiger partial charge on any atom is -0.479 e. The number of esters is 3. The van der Waals surface area contributed by atoms with Gasteiger partial charge in [-0.05, 0) is 109 Å². The zero-order valence-corrected chi connectivity index (χ0v) is 50.7. The molecule has 3 N–H and O–H groups in total. The van der Waals surface area contributed by atoms with Crippen LogP contribution in [0, 0.1) is 0 Å². The summed E-state index contributed by atoms with van der Waals surface area (Å²) in [5.41, 5.74) is 0. The van der Waals surface area contributed by atoms with E-state index in [9.17, 15) is 34.5 Å². The average Bonchev–Trinajstić information content (AvgIpc) is 3.45. The van der Waals surface area contributed by atoms with Crippen LogP contribution in [0.15, 0.2) is 109 Å². The Balaban J connectivity index is 2.68. The van der Waals surface area contributed by atoms with Crippen LogP contribution in [-0.2, 0) is 42.9 Å². The summed E-state index contributed by atoms with van der Waals surface area (Å²) >= 11 is 0. The Morgan fingerprint density at radius 3 is 1.25 bits per heavy atom. The van der Waals surface area contributed by atoms with Gasteiger partial charge in [0.2, 0.25) is 0 Å². The van der Waals surface area contributed by atoms with E-state index in [1.165, 1.54) is 70.6 Å². The van der Waals surface area contributed by atoms with Crippen molar-refractivity contribution >= 4 is 23.9 Å². The van der Waals surface area contributed by atoms with E-state index in [1.807, 2.05) is 12.2 Å². The highest BCUT2D eigenvalue weighted by Crippen LogP contribution is 2.26. The second kappa shape index (κ2) is 55.9. The Kier molecular flexibility index (Phi) is 51.3. The Morgan fingerprint density at radius 1 is 0.420 bits per heavy atom. The van der Waals surface area contributed by atoms with Crippen LogP contribution >= 0.6 is 0 Å². The number of ether oxygens (including phenoxy) is 5. The molecule has 0 saturated carbocycles. The summed E-state index contributed by atoms with van der Waals surface area (Å²) in [6.45, 7) is 5.70. The van der Waals surface area contributed by atoms with Gasteiger partial charge in [-0.15, -0.1) is 0 Å². The highest BCUT2D eigenvalue weighted by Gasteiger charge is 2.50. The molecule has 0 bridgehead atoms. The number of unbranched alkanes of at least 4 members (excludes halogenated alkanes) is 21. The van der Waals surface area contributed by atoms with E-state index < -0.39 is 67.3 Å². The van der Waals surface area contributed by atoms with Gasteiger partial charge in [-0.1, -0.05) is 233 Å². The highest BCUT2D eigenvalue weighted by atomic mass is 16.7. The number of carbonyl (C=O) groups is 4. The molecule has 0 aliphatic carbocycles. The van der Waals surface area contributed by atoms with Crippen LogP contribution in [0.3, 0.4) is 0 Å². The van der Waals surface area contributed by atoms with Crippen LogP contribution in [0.5, 0.6) is 0 Å². The fourth-order valence-corrected chi connectivity index (χ4v) is 9.01. The first-order chi connectivity index (χ1) is 39.6. The molecule has 0 radical (unpaired) electrons. The maximum atomic E-state index is 13.1. The molecule has 1 fully saturated rings. The topological polar surface area (TPSA) is 175 Å². The van der Waals surface area contributed by atoms with Gasteiger partial charge in [0.05, 0.1) is 6.61 Å². The predicted octanol–water partition coefficient (Wildman–Crippen LogP) is 17.0. The third-order valence-electron chi connectivity index (χ3n) is 13.8. The number of aliphatic hydroxyl groups excluding tert-OH is 2. The summed E-state index contributed by atoms with van der Waals surface area (Å²) in [4.78, 5) is 51.2. The molecule has 0 spiro atoms. The van der Waals surface area contributed by atoms with Gasteiger partial charge >= 0.3 is 23.9 Å². The first kappa shape index (κ1) is 74.4. The van der Waals surface area contributed by atoms with Crippen LogP contribution in [0.2, 0.25) is 0 Å². The van der Waals surface area contributed by atoms with Crippen molar-refractivity contribution in [1.82, 2.24) is 0 Å². The summed E-state index contributed by atoms with van der Waals surface area (Å²) in [6.07, 6.45) is 63.5. The molecular formula is C69H112O12. The van der Waals surface area contributed by atoms with E-state index in [0.29, 0.717) is 25.7 Å². The highest BCUT2D eigenvalue weighted by molar-refractivity contribution is 5.74. The number of carbonyl (C=O) groups excluding carboxylic acids is 3. The second-order valence-electron chi connectivity index (χ2n) is 21.3. The number of aliphatic hydroxyl groups is 2. The van der Waals surface area contributed by atoms with Crippen molar-refractivity contribution in [2.45, 2.75) is 289 Å². The maximum Gasteiger partial charge on any atom is 0.335 e. The zero-order chi connectivity index (χ0) is 58.9. The fourth-order valence-electron chi connectivity index (χ4n) is 9.01. The minimum atomic E-state index is -1.92. The van der Waals surface area contributed by atoms with Crippen molar-refractivity contribution in [3.05, 3.63) is 109 Å². The average molecular weight is 1130 g/mol. The lowest BCUT2D eigenvalue weighted by Gasteiger charge is -2.40. The number of carboxylic acids is 1. The molecule has 1 saturated heterocycles. The van der Waals surface area contributed by atoms with Crippen molar-refractivity contribution in [2.75, 3.05) is 13.2 Å².